The number of hydrogen-bond acceptors (Lipinski definition) is 10. The predicted molar refractivity (Wildman–Crippen MR) is 238 cm³/mol. The number of nitrogens with zero attached hydrogens (tertiary/aromatic N) is 10. The Kier molecular flexibility index (Phi) is 11.4. The van der Waals surface area contributed by atoms with Gasteiger partial charge in [0.2, 0.25) is 0 Å². The van der Waals surface area contributed by atoms with Gasteiger partial charge in [0.15, 0.2) is 11.6 Å². The summed E-state index contributed by atoms with van der Waals surface area (Å²) in [7, 11) is 3.37. The lowest BCUT2D eigenvalue weighted by molar-refractivity contribution is 0.412. The minimum Gasteiger partial charge on any atom is -0.495 e. The van der Waals surface area contributed by atoms with Gasteiger partial charge in [0.05, 0.1) is 49.6 Å². The quantitative estimate of drug-likeness (QED) is 0.134. The van der Waals surface area contributed by atoms with Crippen LogP contribution >= 0.6 is 22.7 Å². The molecule has 0 amide bonds. The number of methoxy groups -OCH3 is 2. The van der Waals surface area contributed by atoms with Gasteiger partial charge in [-0.1, -0.05) is 24.3 Å². The average molecular weight is 835 g/mol. The monoisotopic (exact) mass is 834 g/mol. The highest BCUT2D eigenvalue weighted by Gasteiger charge is 2.27. The largest absolute Gasteiger partial charge is 0.495 e. The molecule has 10 rings (SSSR count). The molecule has 304 valence electrons. The van der Waals surface area contributed by atoms with Crippen LogP contribution in [0.5, 0.6) is 11.5 Å². The van der Waals surface area contributed by atoms with E-state index in [9.17, 15) is 0 Å². The molecule has 2 aliphatic rings. The Bertz CT molecular complexity index is 2570. The molecule has 0 radical (unpaired) electrons. The van der Waals surface area contributed by atoms with Crippen LogP contribution in [0, 0.1) is 13.8 Å². The van der Waals surface area contributed by atoms with E-state index in [0.717, 1.165) is 107 Å². The lowest BCUT2D eigenvalue weighted by Crippen LogP contribution is -2.17. The molecular weight excluding hydrogens is 789 g/mol. The standard InChI is InChI=1S/2C23H23N5OS/c2*1-16-13-27(15-24-16)20-7-5-17(12-21(20)29-2)6-8-22-25-23-19(18-9-11-30-14-18)4-3-10-28(23)26-22/h2*5-9,11-15,19H,3-4,10H2,1-2H3/b2*8-6+/t2*19-/m10/s1. The van der Waals surface area contributed by atoms with Gasteiger partial charge in [0, 0.05) is 37.3 Å². The fraction of sp³-hybridized carbons (Fsp3) is 0.261. The number of aryl methyl sites for hydroxylation is 4. The second-order valence-corrected chi connectivity index (χ2v) is 16.5. The van der Waals surface area contributed by atoms with Crippen LogP contribution in [0.2, 0.25) is 0 Å². The normalized spacial score (nSPS) is 16.1. The van der Waals surface area contributed by atoms with E-state index >= 15 is 0 Å². The molecule has 2 aromatic carbocycles. The van der Waals surface area contributed by atoms with Gasteiger partial charge in [-0.05, 0) is 132 Å². The number of hydrogen-bond donors (Lipinski definition) is 0. The number of benzene rings is 2. The van der Waals surface area contributed by atoms with Crippen LogP contribution in [0.1, 0.15) is 94.5 Å². The highest BCUT2D eigenvalue weighted by Crippen LogP contribution is 2.35. The average Bonchev–Trinajstić information content (AvgIpc) is 4.14. The summed E-state index contributed by atoms with van der Waals surface area (Å²) in [5, 5.41) is 18.1. The maximum atomic E-state index is 5.61. The van der Waals surface area contributed by atoms with Crippen LogP contribution in [-0.2, 0) is 13.1 Å². The highest BCUT2D eigenvalue weighted by atomic mass is 32.1. The van der Waals surface area contributed by atoms with Gasteiger partial charge >= 0.3 is 0 Å². The molecule has 0 spiro atoms. The summed E-state index contributed by atoms with van der Waals surface area (Å²) in [4.78, 5) is 18.3. The predicted octanol–water partition coefficient (Wildman–Crippen LogP) is 9.88. The first-order valence-electron chi connectivity index (χ1n) is 20.1. The van der Waals surface area contributed by atoms with E-state index in [1.54, 1.807) is 49.5 Å². The van der Waals surface area contributed by atoms with E-state index in [2.05, 4.69) is 65.1 Å². The minimum absolute atomic E-state index is 0.345. The van der Waals surface area contributed by atoms with E-state index in [0.29, 0.717) is 11.8 Å². The third-order valence-corrected chi connectivity index (χ3v) is 12.3. The summed E-state index contributed by atoms with van der Waals surface area (Å²) in [5.41, 5.74) is 8.63. The van der Waals surface area contributed by atoms with Crippen LogP contribution in [0.25, 0.3) is 35.7 Å². The Morgan fingerprint density at radius 3 is 1.47 bits per heavy atom. The van der Waals surface area contributed by atoms with Crippen molar-refractivity contribution in [1.82, 2.24) is 48.6 Å². The van der Waals surface area contributed by atoms with Crippen molar-refractivity contribution in [1.29, 1.82) is 0 Å². The number of imidazole rings is 2. The topological polar surface area (TPSA) is 116 Å². The summed E-state index contributed by atoms with van der Waals surface area (Å²) in [5.74, 6) is 5.93. The molecule has 8 aromatic rings. The number of ether oxygens (including phenoxy) is 2. The van der Waals surface area contributed by atoms with Crippen LogP contribution in [0.4, 0.5) is 0 Å². The van der Waals surface area contributed by atoms with Crippen LogP contribution in [-0.4, -0.2) is 62.9 Å². The van der Waals surface area contributed by atoms with Crippen LogP contribution in [0.3, 0.4) is 0 Å². The fourth-order valence-corrected chi connectivity index (χ4v) is 9.36. The second kappa shape index (κ2) is 17.5. The summed E-state index contributed by atoms with van der Waals surface area (Å²) in [6.45, 7) is 5.81. The van der Waals surface area contributed by atoms with Gasteiger partial charge < -0.3 is 18.6 Å². The first kappa shape index (κ1) is 39.1. The number of thiophene rings is 2. The SMILES string of the molecule is COc1cc(/C=C/c2nc3n(n2)CCC[C@@H]3c2ccsc2)ccc1-n1cnc(C)c1.COc1cc(/C=C/c2nc3n(n2)CCC[C@H]3c2ccsc2)ccc1-n1cnc(C)c1. The summed E-state index contributed by atoms with van der Waals surface area (Å²) in [6, 6.07) is 16.6. The minimum atomic E-state index is 0.345. The molecule has 0 unspecified atom stereocenters. The van der Waals surface area contributed by atoms with Gasteiger partial charge in [-0.3, -0.25) is 0 Å². The van der Waals surface area contributed by atoms with Gasteiger partial charge in [-0.15, -0.1) is 0 Å². The molecule has 0 saturated carbocycles. The van der Waals surface area contributed by atoms with Crippen LogP contribution < -0.4 is 9.47 Å². The van der Waals surface area contributed by atoms with E-state index in [1.165, 1.54) is 11.1 Å². The molecule has 6 aromatic heterocycles. The van der Waals surface area contributed by atoms with Gasteiger partial charge in [-0.2, -0.15) is 32.9 Å². The molecule has 0 fully saturated rings. The van der Waals surface area contributed by atoms with Crippen LogP contribution in [0.15, 0.2) is 95.1 Å². The van der Waals surface area contributed by atoms with Crippen molar-refractivity contribution >= 4 is 47.0 Å². The zero-order valence-corrected chi connectivity index (χ0v) is 35.7. The molecule has 0 N–H and O–H groups in total. The lowest BCUT2D eigenvalue weighted by Gasteiger charge is -2.21. The van der Waals surface area contributed by atoms with Crippen molar-refractivity contribution in [3.05, 3.63) is 152 Å². The smallest absolute Gasteiger partial charge is 0.174 e. The third-order valence-electron chi connectivity index (χ3n) is 10.9. The number of aromatic nitrogens is 10. The van der Waals surface area contributed by atoms with Crippen molar-refractivity contribution in [3.8, 4) is 22.9 Å². The maximum Gasteiger partial charge on any atom is 0.174 e. The molecule has 60 heavy (non-hydrogen) atoms. The Balaban J connectivity index is 0.000000154. The van der Waals surface area contributed by atoms with E-state index < -0.39 is 0 Å². The first-order valence-corrected chi connectivity index (χ1v) is 22.0. The lowest BCUT2D eigenvalue weighted by atomic mass is 9.93. The molecule has 0 saturated heterocycles. The Morgan fingerprint density at radius 2 is 1.08 bits per heavy atom. The Labute approximate surface area is 357 Å². The molecule has 0 bridgehead atoms. The Hall–Kier alpha value is -6.38. The van der Waals surface area contributed by atoms with Crippen molar-refractivity contribution in [2.45, 2.75) is 64.5 Å². The van der Waals surface area contributed by atoms with Crippen molar-refractivity contribution < 1.29 is 9.47 Å². The van der Waals surface area contributed by atoms with Gasteiger partial charge in [-0.25, -0.2) is 29.3 Å². The van der Waals surface area contributed by atoms with E-state index in [1.807, 2.05) is 83.9 Å². The summed E-state index contributed by atoms with van der Waals surface area (Å²) in [6.07, 6.45) is 20.1. The number of fused-ring (bicyclic) bond motifs is 2. The van der Waals surface area contributed by atoms with Gasteiger partial charge in [0.25, 0.3) is 0 Å². The fourth-order valence-electron chi connectivity index (χ4n) is 7.93. The van der Waals surface area contributed by atoms with E-state index in [-0.39, 0.29) is 0 Å². The first-order chi connectivity index (χ1) is 29.4. The van der Waals surface area contributed by atoms with Crippen molar-refractivity contribution in [2.75, 3.05) is 14.2 Å². The molecule has 8 heterocycles. The zero-order valence-electron chi connectivity index (χ0n) is 34.0. The summed E-state index contributed by atoms with van der Waals surface area (Å²) < 4.78 is 19.3. The molecule has 12 nitrogen and oxygen atoms in total. The number of rotatable bonds is 10. The molecule has 14 heteroatoms. The second-order valence-electron chi connectivity index (χ2n) is 15.0. The molecule has 2 atom stereocenters. The van der Waals surface area contributed by atoms with Crippen molar-refractivity contribution in [3.63, 3.8) is 0 Å². The van der Waals surface area contributed by atoms with Gasteiger partial charge in [0.1, 0.15) is 23.1 Å². The van der Waals surface area contributed by atoms with E-state index in [4.69, 9.17) is 29.6 Å². The zero-order chi connectivity index (χ0) is 41.0. The molecule has 0 aliphatic carbocycles. The summed E-state index contributed by atoms with van der Waals surface area (Å²) >= 11 is 3.48. The third kappa shape index (κ3) is 8.38. The Morgan fingerprint density at radius 1 is 0.617 bits per heavy atom. The van der Waals surface area contributed by atoms with Crippen molar-refractivity contribution in [2.24, 2.45) is 0 Å². The molecule has 2 aliphatic heterocycles. The maximum absolute atomic E-state index is 5.61. The molecular formula is C46H46N10O2S2. The highest BCUT2D eigenvalue weighted by molar-refractivity contribution is 7.08.